The Labute approximate surface area is 210 Å². The normalized spacial score (nSPS) is 15.5. The molecule has 0 aliphatic carbocycles. The Kier molecular flexibility index (Phi) is 6.21. The number of rotatable bonds is 4. The van der Waals surface area contributed by atoms with Crippen LogP contribution in [0.1, 0.15) is 36.9 Å². The number of carbonyl (C=O) groups excluding carboxylic acids is 1. The van der Waals surface area contributed by atoms with Crippen molar-refractivity contribution < 1.29 is 22.7 Å². The summed E-state index contributed by atoms with van der Waals surface area (Å²) in [6.07, 6.45) is -0.140. The molecule has 5 rings (SSSR count). The summed E-state index contributed by atoms with van der Waals surface area (Å²) < 4.78 is 46.4. The van der Waals surface area contributed by atoms with E-state index < -0.39 is 11.7 Å². The Hall–Kier alpha value is -4.52. The van der Waals surface area contributed by atoms with Crippen LogP contribution in [-0.4, -0.2) is 31.7 Å². The number of carbonyl (C=O) groups is 1. The minimum atomic E-state index is -4.49. The van der Waals surface area contributed by atoms with E-state index in [0.29, 0.717) is 12.3 Å². The van der Waals surface area contributed by atoms with Crippen LogP contribution >= 0.6 is 0 Å². The molecular formula is C27H22F3N5O2. The lowest BCUT2D eigenvalue weighted by Gasteiger charge is -2.22. The summed E-state index contributed by atoms with van der Waals surface area (Å²) in [5, 5.41) is 0. The Bertz CT molecular complexity index is 1530. The number of halogens is 3. The lowest BCUT2D eigenvalue weighted by Crippen LogP contribution is -2.29. The maximum atomic E-state index is 13.0. The van der Waals surface area contributed by atoms with Crippen molar-refractivity contribution in [1.29, 1.82) is 0 Å². The summed E-state index contributed by atoms with van der Waals surface area (Å²) >= 11 is 0. The maximum absolute atomic E-state index is 13.0. The lowest BCUT2D eigenvalue weighted by molar-refractivity contribution is -0.137. The Morgan fingerprint density at radius 3 is 2.59 bits per heavy atom. The van der Waals surface area contributed by atoms with Gasteiger partial charge in [-0.2, -0.15) is 13.2 Å². The zero-order valence-corrected chi connectivity index (χ0v) is 19.8. The Morgan fingerprint density at radius 1 is 1.11 bits per heavy atom. The topological polar surface area (TPSA) is 85.8 Å². The number of benzene rings is 1. The number of hydrogen-bond acceptors (Lipinski definition) is 5. The number of amides is 1. The average Bonchev–Trinajstić information content (AvgIpc) is 3.50. The van der Waals surface area contributed by atoms with Gasteiger partial charge < -0.3 is 15.4 Å². The molecule has 37 heavy (non-hydrogen) atoms. The van der Waals surface area contributed by atoms with Crippen LogP contribution in [0, 0.1) is 11.8 Å². The van der Waals surface area contributed by atoms with E-state index in [4.69, 9.17) is 10.5 Å². The van der Waals surface area contributed by atoms with Gasteiger partial charge in [-0.25, -0.2) is 9.97 Å². The minimum absolute atomic E-state index is 0.145. The highest BCUT2D eigenvalue weighted by atomic mass is 19.4. The highest BCUT2D eigenvalue weighted by Gasteiger charge is 2.32. The number of fused-ring (bicyclic) bond motifs is 1. The maximum Gasteiger partial charge on any atom is 0.416 e. The SMILES string of the molecule is CC#CC(=O)N1CCCC1c1cc(-c2ccc(Oc3cc(C(F)(F)F)ccn3)cc2)n2c(N)nccc12. The van der Waals surface area contributed by atoms with Crippen LogP contribution in [0.2, 0.25) is 0 Å². The van der Waals surface area contributed by atoms with Crippen molar-refractivity contribution in [3.63, 3.8) is 0 Å². The molecule has 1 aliphatic heterocycles. The third kappa shape index (κ3) is 4.68. The summed E-state index contributed by atoms with van der Waals surface area (Å²) in [6.45, 7) is 2.26. The van der Waals surface area contributed by atoms with E-state index in [1.807, 2.05) is 16.5 Å². The predicted molar refractivity (Wildman–Crippen MR) is 131 cm³/mol. The average molecular weight is 506 g/mol. The number of alkyl halides is 3. The summed E-state index contributed by atoms with van der Waals surface area (Å²) in [5.74, 6) is 5.56. The molecule has 7 nitrogen and oxygen atoms in total. The van der Waals surface area contributed by atoms with Gasteiger partial charge in [0, 0.05) is 30.6 Å². The van der Waals surface area contributed by atoms with Crippen molar-refractivity contribution in [3.05, 3.63) is 72.1 Å². The van der Waals surface area contributed by atoms with Gasteiger partial charge in [0.1, 0.15) is 5.75 Å². The number of hydrogen-bond donors (Lipinski definition) is 1. The van der Waals surface area contributed by atoms with E-state index in [2.05, 4.69) is 21.8 Å². The Morgan fingerprint density at radius 2 is 1.86 bits per heavy atom. The summed E-state index contributed by atoms with van der Waals surface area (Å²) in [4.78, 5) is 22.5. The zero-order valence-electron chi connectivity index (χ0n) is 19.8. The number of anilines is 1. The number of ether oxygens (including phenoxy) is 1. The van der Waals surface area contributed by atoms with Crippen LogP contribution in [0.25, 0.3) is 16.8 Å². The van der Waals surface area contributed by atoms with Crippen LogP contribution in [0.15, 0.2) is 60.9 Å². The number of nitrogens with zero attached hydrogens (tertiary/aromatic N) is 4. The molecule has 188 valence electrons. The molecule has 0 spiro atoms. The van der Waals surface area contributed by atoms with Crippen LogP contribution < -0.4 is 10.5 Å². The van der Waals surface area contributed by atoms with Gasteiger partial charge in [-0.15, -0.1) is 0 Å². The lowest BCUT2D eigenvalue weighted by atomic mass is 10.0. The van der Waals surface area contributed by atoms with Gasteiger partial charge >= 0.3 is 6.18 Å². The van der Waals surface area contributed by atoms with Crippen molar-refractivity contribution in [2.75, 3.05) is 12.3 Å². The molecule has 0 bridgehead atoms. The number of likely N-dealkylation sites (tertiary alicyclic amines) is 1. The largest absolute Gasteiger partial charge is 0.439 e. The van der Waals surface area contributed by atoms with Gasteiger partial charge in [0.25, 0.3) is 5.91 Å². The fourth-order valence-corrected chi connectivity index (χ4v) is 4.65. The van der Waals surface area contributed by atoms with Crippen molar-refractivity contribution >= 4 is 17.4 Å². The highest BCUT2D eigenvalue weighted by Crippen LogP contribution is 2.39. The van der Waals surface area contributed by atoms with Gasteiger partial charge in [0.05, 0.1) is 22.8 Å². The third-order valence-corrected chi connectivity index (χ3v) is 6.28. The van der Waals surface area contributed by atoms with Gasteiger partial charge in [0.15, 0.2) is 0 Å². The van der Waals surface area contributed by atoms with Crippen molar-refractivity contribution in [2.45, 2.75) is 32.0 Å². The molecule has 0 radical (unpaired) electrons. The summed E-state index contributed by atoms with van der Waals surface area (Å²) in [5.41, 5.74) is 8.75. The number of nitrogen functional groups attached to an aromatic ring is 1. The fourth-order valence-electron chi connectivity index (χ4n) is 4.65. The van der Waals surface area contributed by atoms with E-state index in [1.54, 1.807) is 42.3 Å². The zero-order chi connectivity index (χ0) is 26.2. The highest BCUT2D eigenvalue weighted by molar-refractivity contribution is 5.94. The second-order valence-corrected chi connectivity index (χ2v) is 8.55. The van der Waals surface area contributed by atoms with Crippen LogP contribution in [-0.2, 0) is 11.0 Å². The van der Waals surface area contributed by atoms with E-state index >= 15 is 0 Å². The summed E-state index contributed by atoms with van der Waals surface area (Å²) in [6, 6.07) is 12.3. The quantitative estimate of drug-likeness (QED) is 0.372. The molecular weight excluding hydrogens is 483 g/mol. The van der Waals surface area contributed by atoms with Crippen LogP contribution in [0.3, 0.4) is 0 Å². The van der Waals surface area contributed by atoms with Gasteiger partial charge in [0.2, 0.25) is 11.8 Å². The molecule has 10 heteroatoms. The number of pyridine rings is 1. The first-order chi connectivity index (χ1) is 17.8. The van der Waals surface area contributed by atoms with E-state index in [9.17, 15) is 18.0 Å². The molecule has 4 heterocycles. The number of aromatic nitrogens is 3. The Balaban J connectivity index is 1.49. The molecule has 1 aliphatic rings. The van der Waals surface area contributed by atoms with Crippen molar-refractivity contribution in [1.82, 2.24) is 19.3 Å². The predicted octanol–water partition coefficient (Wildman–Crippen LogP) is 5.48. The monoisotopic (exact) mass is 505 g/mol. The molecule has 1 saturated heterocycles. The van der Waals surface area contributed by atoms with E-state index in [-0.39, 0.29) is 23.8 Å². The molecule has 4 aromatic rings. The molecule has 0 saturated carbocycles. The number of nitrogens with two attached hydrogens (primary N) is 1. The molecule has 3 aromatic heterocycles. The smallest absolute Gasteiger partial charge is 0.416 e. The van der Waals surface area contributed by atoms with Crippen molar-refractivity contribution in [2.24, 2.45) is 0 Å². The van der Waals surface area contributed by atoms with Gasteiger partial charge in [-0.05, 0) is 73.7 Å². The minimum Gasteiger partial charge on any atom is -0.439 e. The van der Waals surface area contributed by atoms with Gasteiger partial charge in [-0.3, -0.25) is 9.20 Å². The molecule has 1 aromatic carbocycles. The molecule has 1 atom stereocenters. The van der Waals surface area contributed by atoms with E-state index in [0.717, 1.165) is 53.5 Å². The van der Waals surface area contributed by atoms with Gasteiger partial charge in [-0.1, -0.05) is 5.92 Å². The first-order valence-corrected chi connectivity index (χ1v) is 11.6. The first kappa shape index (κ1) is 24.2. The second kappa shape index (κ2) is 9.50. The molecule has 1 fully saturated rings. The fraction of sp³-hybridized carbons (Fsp3) is 0.222. The van der Waals surface area contributed by atoms with Crippen molar-refractivity contribution in [3.8, 4) is 34.7 Å². The first-order valence-electron chi connectivity index (χ1n) is 11.6. The van der Waals surface area contributed by atoms with E-state index in [1.165, 1.54) is 0 Å². The molecule has 1 unspecified atom stereocenters. The standard InChI is InChI=1S/C27H22F3N5O2/c1-2-4-25(36)34-14-3-5-21(34)20-16-23(35-22(20)11-13-33-26(35)31)17-6-8-19(9-7-17)37-24-15-18(10-12-32-24)27(28,29)30/h6-13,15-16,21H,3,5,14H2,1H3,(H2,31,33). The molecule has 1 amide bonds. The third-order valence-electron chi connectivity index (χ3n) is 6.28. The molecule has 2 N–H and O–H groups in total. The second-order valence-electron chi connectivity index (χ2n) is 8.55. The summed E-state index contributed by atoms with van der Waals surface area (Å²) in [7, 11) is 0. The van der Waals surface area contributed by atoms with Crippen LogP contribution in [0.4, 0.5) is 19.1 Å². The van der Waals surface area contributed by atoms with Crippen LogP contribution in [0.5, 0.6) is 11.6 Å².